The lowest BCUT2D eigenvalue weighted by Gasteiger charge is -2.09. The number of amides is 1. The van der Waals surface area contributed by atoms with Gasteiger partial charge in [0.05, 0.1) is 0 Å². The Labute approximate surface area is 127 Å². The molecule has 0 saturated carbocycles. The molecule has 0 bridgehead atoms. The summed E-state index contributed by atoms with van der Waals surface area (Å²) in [6, 6.07) is 13.3. The fourth-order valence-electron chi connectivity index (χ4n) is 1.69. The normalized spacial score (nSPS) is 10.2. The van der Waals surface area contributed by atoms with Crippen molar-refractivity contribution in [3.05, 3.63) is 58.1 Å². The Bertz CT molecular complexity index is 608. The summed E-state index contributed by atoms with van der Waals surface area (Å²) in [5, 5.41) is 2.79. The van der Waals surface area contributed by atoms with Crippen molar-refractivity contribution in [2.45, 2.75) is 13.8 Å². The van der Waals surface area contributed by atoms with Gasteiger partial charge in [-0.1, -0.05) is 33.6 Å². The van der Waals surface area contributed by atoms with E-state index >= 15 is 0 Å². The molecule has 20 heavy (non-hydrogen) atoms. The second-order valence-corrected chi connectivity index (χ2v) is 5.47. The summed E-state index contributed by atoms with van der Waals surface area (Å²) in [6.07, 6.45) is 0. The van der Waals surface area contributed by atoms with Crippen molar-refractivity contribution in [1.82, 2.24) is 0 Å². The van der Waals surface area contributed by atoms with Crippen LogP contribution in [0.4, 0.5) is 5.69 Å². The summed E-state index contributed by atoms with van der Waals surface area (Å²) < 4.78 is 6.49. The number of carbonyl (C=O) groups is 1. The van der Waals surface area contributed by atoms with E-state index in [1.54, 1.807) is 0 Å². The minimum Gasteiger partial charge on any atom is -0.484 e. The van der Waals surface area contributed by atoms with Gasteiger partial charge in [0.15, 0.2) is 6.61 Å². The molecule has 0 saturated heterocycles. The Morgan fingerprint density at radius 1 is 1.15 bits per heavy atom. The Morgan fingerprint density at radius 2 is 1.85 bits per heavy atom. The standard InChI is InChI=1S/C16H16BrNO2/c1-11-3-5-13(6-4-11)18-16(19)10-20-14-7-8-15(17)12(2)9-14/h3-9H,10H2,1-2H3,(H,18,19). The van der Waals surface area contributed by atoms with Crippen molar-refractivity contribution in [2.24, 2.45) is 0 Å². The number of anilines is 1. The summed E-state index contributed by atoms with van der Waals surface area (Å²) in [4.78, 5) is 11.8. The van der Waals surface area contributed by atoms with E-state index in [0.717, 1.165) is 21.3 Å². The van der Waals surface area contributed by atoms with Crippen LogP contribution < -0.4 is 10.1 Å². The third-order valence-electron chi connectivity index (χ3n) is 2.83. The number of halogens is 1. The molecule has 4 heteroatoms. The first-order valence-corrected chi connectivity index (χ1v) is 7.09. The average Bonchev–Trinajstić information content (AvgIpc) is 2.43. The molecule has 2 aromatic carbocycles. The molecule has 104 valence electrons. The average molecular weight is 334 g/mol. The number of carbonyl (C=O) groups excluding carboxylic acids is 1. The van der Waals surface area contributed by atoms with Gasteiger partial charge in [-0.25, -0.2) is 0 Å². The monoisotopic (exact) mass is 333 g/mol. The molecule has 3 nitrogen and oxygen atoms in total. The molecule has 0 atom stereocenters. The topological polar surface area (TPSA) is 38.3 Å². The second kappa shape index (κ2) is 6.57. The molecule has 0 radical (unpaired) electrons. The summed E-state index contributed by atoms with van der Waals surface area (Å²) in [5.74, 6) is 0.513. The highest BCUT2D eigenvalue weighted by molar-refractivity contribution is 9.10. The van der Waals surface area contributed by atoms with Crippen LogP contribution in [0.25, 0.3) is 0 Å². The van der Waals surface area contributed by atoms with Crippen LogP contribution in [0.5, 0.6) is 5.75 Å². The summed E-state index contributed by atoms with van der Waals surface area (Å²) in [6.45, 7) is 3.98. The Morgan fingerprint density at radius 3 is 2.50 bits per heavy atom. The van der Waals surface area contributed by atoms with Crippen molar-refractivity contribution in [2.75, 3.05) is 11.9 Å². The first-order valence-electron chi connectivity index (χ1n) is 6.30. The maximum absolute atomic E-state index is 11.8. The Kier molecular flexibility index (Phi) is 4.79. The molecule has 0 heterocycles. The van der Waals surface area contributed by atoms with Gasteiger partial charge in [-0.15, -0.1) is 0 Å². The van der Waals surface area contributed by atoms with Crippen LogP contribution in [0.15, 0.2) is 46.9 Å². The predicted octanol–water partition coefficient (Wildman–Crippen LogP) is 4.08. The van der Waals surface area contributed by atoms with Crippen molar-refractivity contribution >= 4 is 27.5 Å². The molecule has 1 amide bonds. The molecule has 1 N–H and O–H groups in total. The minimum atomic E-state index is -0.172. The highest BCUT2D eigenvalue weighted by Gasteiger charge is 2.04. The van der Waals surface area contributed by atoms with E-state index < -0.39 is 0 Å². The Balaban J connectivity index is 1.88. The SMILES string of the molecule is Cc1ccc(NC(=O)COc2ccc(Br)c(C)c2)cc1. The zero-order valence-corrected chi connectivity index (χ0v) is 13.0. The zero-order valence-electron chi connectivity index (χ0n) is 11.4. The largest absolute Gasteiger partial charge is 0.484 e. The lowest BCUT2D eigenvalue weighted by molar-refractivity contribution is -0.118. The molecule has 0 aromatic heterocycles. The Hall–Kier alpha value is -1.81. The lowest BCUT2D eigenvalue weighted by Crippen LogP contribution is -2.20. The maximum atomic E-state index is 11.8. The second-order valence-electron chi connectivity index (χ2n) is 4.61. The molecular formula is C16H16BrNO2. The van der Waals surface area contributed by atoms with E-state index in [1.807, 2.05) is 56.3 Å². The fraction of sp³-hybridized carbons (Fsp3) is 0.188. The van der Waals surface area contributed by atoms with E-state index in [4.69, 9.17) is 4.74 Å². The molecule has 2 aromatic rings. The van der Waals surface area contributed by atoms with Crippen LogP contribution in [0.1, 0.15) is 11.1 Å². The fourth-order valence-corrected chi connectivity index (χ4v) is 1.94. The van der Waals surface area contributed by atoms with E-state index in [9.17, 15) is 4.79 Å². The summed E-state index contributed by atoms with van der Waals surface area (Å²) in [7, 11) is 0. The smallest absolute Gasteiger partial charge is 0.262 e. The van der Waals surface area contributed by atoms with Gasteiger partial charge in [0, 0.05) is 10.2 Å². The van der Waals surface area contributed by atoms with Crippen LogP contribution in [0.3, 0.4) is 0 Å². The predicted molar refractivity (Wildman–Crippen MR) is 84.2 cm³/mol. The maximum Gasteiger partial charge on any atom is 0.262 e. The minimum absolute atomic E-state index is 0.00501. The highest BCUT2D eigenvalue weighted by Crippen LogP contribution is 2.21. The van der Waals surface area contributed by atoms with E-state index in [-0.39, 0.29) is 12.5 Å². The van der Waals surface area contributed by atoms with Crippen LogP contribution in [0, 0.1) is 13.8 Å². The number of ether oxygens (including phenoxy) is 1. The van der Waals surface area contributed by atoms with Crippen LogP contribution in [-0.4, -0.2) is 12.5 Å². The molecule has 0 unspecified atom stereocenters. The van der Waals surface area contributed by atoms with Crippen molar-refractivity contribution < 1.29 is 9.53 Å². The van der Waals surface area contributed by atoms with Gasteiger partial charge in [-0.05, 0) is 49.7 Å². The third-order valence-corrected chi connectivity index (χ3v) is 3.72. The van der Waals surface area contributed by atoms with Crippen LogP contribution in [0.2, 0.25) is 0 Å². The van der Waals surface area contributed by atoms with Gasteiger partial charge in [0.25, 0.3) is 5.91 Å². The quantitative estimate of drug-likeness (QED) is 0.915. The first-order chi connectivity index (χ1) is 9.54. The van der Waals surface area contributed by atoms with Gasteiger partial charge in [0.2, 0.25) is 0 Å². The van der Waals surface area contributed by atoms with Gasteiger partial charge in [-0.3, -0.25) is 4.79 Å². The van der Waals surface area contributed by atoms with Gasteiger partial charge >= 0.3 is 0 Å². The molecule has 2 rings (SSSR count). The zero-order chi connectivity index (χ0) is 14.5. The molecule has 0 aliphatic rings. The number of hydrogen-bond acceptors (Lipinski definition) is 2. The van der Waals surface area contributed by atoms with Crippen molar-refractivity contribution in [1.29, 1.82) is 0 Å². The molecule has 0 aliphatic heterocycles. The summed E-state index contributed by atoms with van der Waals surface area (Å²) in [5.41, 5.74) is 3.00. The number of benzene rings is 2. The first kappa shape index (κ1) is 14.6. The highest BCUT2D eigenvalue weighted by atomic mass is 79.9. The van der Waals surface area contributed by atoms with Gasteiger partial charge in [-0.2, -0.15) is 0 Å². The number of aryl methyl sites for hydroxylation is 2. The van der Waals surface area contributed by atoms with Gasteiger partial charge in [0.1, 0.15) is 5.75 Å². The van der Waals surface area contributed by atoms with Crippen molar-refractivity contribution in [3.63, 3.8) is 0 Å². The van der Waals surface area contributed by atoms with E-state index in [0.29, 0.717) is 5.75 Å². The summed E-state index contributed by atoms with van der Waals surface area (Å²) >= 11 is 3.42. The number of rotatable bonds is 4. The molecule has 0 aliphatic carbocycles. The van der Waals surface area contributed by atoms with Crippen LogP contribution >= 0.6 is 15.9 Å². The number of hydrogen-bond donors (Lipinski definition) is 1. The van der Waals surface area contributed by atoms with E-state index in [2.05, 4.69) is 21.2 Å². The lowest BCUT2D eigenvalue weighted by atomic mass is 10.2. The van der Waals surface area contributed by atoms with Crippen molar-refractivity contribution in [3.8, 4) is 5.75 Å². The van der Waals surface area contributed by atoms with Gasteiger partial charge < -0.3 is 10.1 Å². The molecular weight excluding hydrogens is 318 g/mol. The van der Waals surface area contributed by atoms with Crippen LogP contribution in [-0.2, 0) is 4.79 Å². The third kappa shape index (κ3) is 4.10. The van der Waals surface area contributed by atoms with E-state index in [1.165, 1.54) is 0 Å². The number of nitrogens with one attached hydrogen (secondary N) is 1. The molecule has 0 spiro atoms. The molecule has 0 fully saturated rings.